The first kappa shape index (κ1) is 24.7. The third-order valence-electron chi connectivity index (χ3n) is 6.84. The van der Waals surface area contributed by atoms with Crippen LogP contribution in [0.3, 0.4) is 0 Å². The van der Waals surface area contributed by atoms with Gasteiger partial charge in [0.2, 0.25) is 0 Å². The number of benzene rings is 2. The van der Waals surface area contributed by atoms with Crippen molar-refractivity contribution in [2.45, 2.75) is 59.4 Å². The highest BCUT2D eigenvalue weighted by atomic mass is 16.5. The van der Waals surface area contributed by atoms with E-state index >= 15 is 0 Å². The first-order valence-corrected chi connectivity index (χ1v) is 12.6. The number of hydrogen-bond donors (Lipinski definition) is 2. The predicted octanol–water partition coefficient (Wildman–Crippen LogP) is 5.76. The van der Waals surface area contributed by atoms with E-state index in [-0.39, 0.29) is 11.3 Å². The van der Waals surface area contributed by atoms with Gasteiger partial charge in [0.15, 0.2) is 0 Å². The third-order valence-corrected chi connectivity index (χ3v) is 6.84. The Bertz CT molecular complexity index is 1190. The molecule has 184 valence electrons. The molecule has 2 aromatic carbocycles. The van der Waals surface area contributed by atoms with Crippen LogP contribution in [0, 0.1) is 6.92 Å². The van der Waals surface area contributed by atoms with Gasteiger partial charge >= 0.3 is 0 Å². The minimum atomic E-state index is -0.676. The summed E-state index contributed by atoms with van der Waals surface area (Å²) in [6, 6.07) is 13.1. The smallest absolute Gasteiger partial charge is 0.252 e. The number of nitrogens with two attached hydrogens (primary N) is 1. The molecule has 6 nitrogen and oxygen atoms in total. The molecule has 3 N–H and O–H groups in total. The van der Waals surface area contributed by atoms with E-state index in [1.54, 1.807) is 6.07 Å². The molecular formula is C29H35N3O3. The van der Waals surface area contributed by atoms with E-state index in [4.69, 9.17) is 15.5 Å². The summed E-state index contributed by atoms with van der Waals surface area (Å²) in [6.45, 7) is 9.26. The van der Waals surface area contributed by atoms with Gasteiger partial charge in [-0.1, -0.05) is 38.5 Å². The zero-order chi connectivity index (χ0) is 24.9. The van der Waals surface area contributed by atoms with Crippen molar-refractivity contribution in [3.05, 3.63) is 70.4 Å². The highest BCUT2D eigenvalue weighted by molar-refractivity contribution is 5.95. The number of nitrogens with zero attached hydrogens (tertiary/aromatic N) is 2. The standard InChI is InChI=1S/C29H35N3O3/c1-4-20-10-9-11-21(5-2)28(20)25-17-27(35-22-12-13-23(29(30)34)26(33)16-22)24(19(3)31-25)18-32-14-7-6-8-15-32/h9-13,16-17,33H,4-8,14-15,18H2,1-3H3,(H2,30,34). The van der Waals surface area contributed by atoms with Crippen molar-refractivity contribution in [1.29, 1.82) is 0 Å². The Morgan fingerprint density at radius 2 is 1.74 bits per heavy atom. The summed E-state index contributed by atoms with van der Waals surface area (Å²) in [5.41, 5.74) is 12.0. The number of hydrogen-bond acceptors (Lipinski definition) is 5. The molecule has 1 aromatic heterocycles. The number of ether oxygens (including phenoxy) is 1. The average molecular weight is 474 g/mol. The fourth-order valence-corrected chi connectivity index (χ4v) is 4.90. The number of rotatable bonds is 8. The maximum absolute atomic E-state index is 11.5. The van der Waals surface area contributed by atoms with Gasteiger partial charge in [-0.3, -0.25) is 14.7 Å². The third kappa shape index (κ3) is 5.49. The lowest BCUT2D eigenvalue weighted by atomic mass is 9.94. The van der Waals surface area contributed by atoms with Gasteiger partial charge < -0.3 is 15.6 Å². The zero-order valence-corrected chi connectivity index (χ0v) is 20.9. The normalized spacial score (nSPS) is 14.1. The van der Waals surface area contributed by atoms with E-state index in [0.717, 1.165) is 55.2 Å². The molecule has 1 saturated heterocycles. The van der Waals surface area contributed by atoms with Crippen LogP contribution in [-0.2, 0) is 19.4 Å². The number of pyridine rings is 1. The van der Waals surface area contributed by atoms with E-state index in [9.17, 15) is 9.90 Å². The van der Waals surface area contributed by atoms with Crippen LogP contribution in [0.1, 0.15) is 65.9 Å². The SMILES string of the molecule is CCc1cccc(CC)c1-c1cc(Oc2ccc(C(N)=O)c(O)c2)c(CN2CCCCC2)c(C)n1. The summed E-state index contributed by atoms with van der Waals surface area (Å²) in [5.74, 6) is 0.300. The van der Waals surface area contributed by atoms with Crippen LogP contribution in [-0.4, -0.2) is 34.0 Å². The van der Waals surface area contributed by atoms with Crippen LogP contribution in [0.15, 0.2) is 42.5 Å². The lowest BCUT2D eigenvalue weighted by Gasteiger charge is -2.28. The summed E-state index contributed by atoms with van der Waals surface area (Å²) < 4.78 is 6.38. The molecule has 0 aliphatic carbocycles. The second-order valence-corrected chi connectivity index (χ2v) is 9.21. The fourth-order valence-electron chi connectivity index (χ4n) is 4.90. The number of aromatic nitrogens is 1. The quantitative estimate of drug-likeness (QED) is 0.434. The summed E-state index contributed by atoms with van der Waals surface area (Å²) in [6.07, 6.45) is 5.51. The molecular weight excluding hydrogens is 438 g/mol. The second-order valence-electron chi connectivity index (χ2n) is 9.21. The first-order chi connectivity index (χ1) is 16.9. The van der Waals surface area contributed by atoms with Crippen LogP contribution in [0.5, 0.6) is 17.2 Å². The lowest BCUT2D eigenvalue weighted by Crippen LogP contribution is -2.29. The molecule has 0 unspecified atom stereocenters. The van der Waals surface area contributed by atoms with Crippen molar-refractivity contribution in [3.63, 3.8) is 0 Å². The van der Waals surface area contributed by atoms with Crippen molar-refractivity contribution >= 4 is 5.91 Å². The summed E-state index contributed by atoms with van der Waals surface area (Å²) in [4.78, 5) is 19.1. The maximum atomic E-state index is 11.5. The van der Waals surface area contributed by atoms with E-state index in [1.807, 2.05) is 13.0 Å². The molecule has 1 aliphatic heterocycles. The van der Waals surface area contributed by atoms with Crippen molar-refractivity contribution in [2.24, 2.45) is 5.73 Å². The van der Waals surface area contributed by atoms with Gasteiger partial charge in [0.25, 0.3) is 5.91 Å². The molecule has 0 bridgehead atoms. The zero-order valence-electron chi connectivity index (χ0n) is 20.9. The molecule has 2 heterocycles. The number of piperidine rings is 1. The number of carbonyl (C=O) groups excluding carboxylic acids is 1. The Morgan fingerprint density at radius 3 is 2.34 bits per heavy atom. The minimum Gasteiger partial charge on any atom is -0.507 e. The van der Waals surface area contributed by atoms with E-state index in [2.05, 4.69) is 36.9 Å². The van der Waals surface area contributed by atoms with Gasteiger partial charge in [-0.15, -0.1) is 0 Å². The Morgan fingerprint density at radius 1 is 1.06 bits per heavy atom. The van der Waals surface area contributed by atoms with Gasteiger partial charge in [0.05, 0.1) is 11.3 Å². The molecule has 0 spiro atoms. The predicted molar refractivity (Wildman–Crippen MR) is 139 cm³/mol. The maximum Gasteiger partial charge on any atom is 0.252 e. The largest absolute Gasteiger partial charge is 0.507 e. The van der Waals surface area contributed by atoms with Gasteiger partial charge in [-0.05, 0) is 69.0 Å². The molecule has 1 amide bonds. The minimum absolute atomic E-state index is 0.0712. The highest BCUT2D eigenvalue weighted by Gasteiger charge is 2.20. The van der Waals surface area contributed by atoms with Crippen LogP contribution >= 0.6 is 0 Å². The van der Waals surface area contributed by atoms with Gasteiger partial charge in [-0.25, -0.2) is 0 Å². The molecule has 35 heavy (non-hydrogen) atoms. The van der Waals surface area contributed by atoms with Crippen molar-refractivity contribution in [1.82, 2.24) is 9.88 Å². The first-order valence-electron chi connectivity index (χ1n) is 12.6. The number of primary amides is 1. The number of likely N-dealkylation sites (tertiary alicyclic amines) is 1. The molecule has 0 atom stereocenters. The molecule has 1 fully saturated rings. The van der Waals surface area contributed by atoms with Crippen molar-refractivity contribution < 1.29 is 14.6 Å². The Labute approximate surface area is 207 Å². The number of phenols is 1. The second kappa shape index (κ2) is 10.9. The van der Waals surface area contributed by atoms with Crippen molar-refractivity contribution in [3.8, 4) is 28.5 Å². The lowest BCUT2D eigenvalue weighted by molar-refractivity contribution is 0.0997. The van der Waals surface area contributed by atoms with Crippen molar-refractivity contribution in [2.75, 3.05) is 13.1 Å². The molecule has 0 saturated carbocycles. The number of aryl methyl sites for hydroxylation is 3. The average Bonchev–Trinajstić information content (AvgIpc) is 2.85. The monoisotopic (exact) mass is 473 g/mol. The highest BCUT2D eigenvalue weighted by Crippen LogP contribution is 2.36. The van der Waals surface area contributed by atoms with Crippen LogP contribution < -0.4 is 10.5 Å². The summed E-state index contributed by atoms with van der Waals surface area (Å²) in [7, 11) is 0. The summed E-state index contributed by atoms with van der Waals surface area (Å²) >= 11 is 0. The van der Waals surface area contributed by atoms with Gasteiger partial charge in [0, 0.05) is 35.5 Å². The number of amides is 1. The van der Waals surface area contributed by atoms with E-state index in [1.165, 1.54) is 48.1 Å². The van der Waals surface area contributed by atoms with E-state index < -0.39 is 5.91 Å². The van der Waals surface area contributed by atoms with Gasteiger partial charge in [0.1, 0.15) is 17.2 Å². The molecule has 0 radical (unpaired) electrons. The van der Waals surface area contributed by atoms with E-state index in [0.29, 0.717) is 5.75 Å². The van der Waals surface area contributed by atoms with Crippen LogP contribution in [0.4, 0.5) is 0 Å². The molecule has 3 aromatic rings. The van der Waals surface area contributed by atoms with Gasteiger partial charge in [-0.2, -0.15) is 0 Å². The van der Waals surface area contributed by atoms with Crippen LogP contribution in [0.2, 0.25) is 0 Å². The number of carbonyl (C=O) groups is 1. The Balaban J connectivity index is 1.81. The molecule has 6 heteroatoms. The molecule has 4 rings (SSSR count). The fraction of sp³-hybridized carbons (Fsp3) is 0.379. The molecule has 1 aliphatic rings. The Hall–Kier alpha value is -3.38. The van der Waals surface area contributed by atoms with Crippen LogP contribution in [0.25, 0.3) is 11.3 Å². The summed E-state index contributed by atoms with van der Waals surface area (Å²) in [5, 5.41) is 10.3. The Kier molecular flexibility index (Phi) is 7.71. The topological polar surface area (TPSA) is 88.7 Å². The number of aromatic hydroxyl groups is 1.